The van der Waals surface area contributed by atoms with Crippen molar-refractivity contribution in [3.63, 3.8) is 0 Å². The Labute approximate surface area is 85.6 Å². The van der Waals surface area contributed by atoms with Crippen molar-refractivity contribution < 1.29 is 0 Å². The molecule has 1 aliphatic heterocycles. The molecule has 1 aliphatic rings. The topological polar surface area (TPSA) is 42.7 Å². The highest BCUT2D eigenvalue weighted by Crippen LogP contribution is 2.21. The van der Waals surface area contributed by atoms with Gasteiger partial charge >= 0.3 is 0 Å². The maximum Gasteiger partial charge on any atom is 0.191 e. The summed E-state index contributed by atoms with van der Waals surface area (Å²) in [4.78, 5) is 5.64. The molecule has 4 nitrogen and oxygen atoms in total. The average Bonchev–Trinajstić information content (AvgIpc) is 2.86. The number of aromatic nitrogens is 3. The predicted molar refractivity (Wildman–Crippen MR) is 55.0 cm³/mol. The van der Waals surface area contributed by atoms with Gasteiger partial charge < -0.3 is 5.32 Å². The van der Waals surface area contributed by atoms with E-state index in [0.717, 1.165) is 36.2 Å². The van der Waals surface area contributed by atoms with Crippen molar-refractivity contribution in [3.8, 4) is 10.7 Å². The SMILES string of the molecule is c1csc(-c2nc3n(n2)CCNC3)c1. The van der Waals surface area contributed by atoms with Gasteiger partial charge in [-0.1, -0.05) is 6.07 Å². The number of nitrogens with zero attached hydrogens (tertiary/aromatic N) is 3. The Morgan fingerprint density at radius 1 is 1.50 bits per heavy atom. The van der Waals surface area contributed by atoms with Crippen LogP contribution >= 0.6 is 11.3 Å². The van der Waals surface area contributed by atoms with Gasteiger partial charge in [-0.15, -0.1) is 16.4 Å². The van der Waals surface area contributed by atoms with Gasteiger partial charge in [0.25, 0.3) is 0 Å². The van der Waals surface area contributed by atoms with Gasteiger partial charge in [0.1, 0.15) is 5.82 Å². The second-order valence-electron chi connectivity index (χ2n) is 3.23. The maximum absolute atomic E-state index is 4.49. The van der Waals surface area contributed by atoms with Crippen molar-refractivity contribution in [3.05, 3.63) is 23.3 Å². The number of nitrogens with one attached hydrogen (secondary N) is 1. The Hall–Kier alpha value is -1.20. The summed E-state index contributed by atoms with van der Waals surface area (Å²) in [7, 11) is 0. The second-order valence-corrected chi connectivity index (χ2v) is 4.18. The molecule has 0 radical (unpaired) electrons. The van der Waals surface area contributed by atoms with E-state index in [2.05, 4.69) is 21.5 Å². The summed E-state index contributed by atoms with van der Waals surface area (Å²) in [5, 5.41) is 9.80. The van der Waals surface area contributed by atoms with E-state index in [1.165, 1.54) is 0 Å². The zero-order chi connectivity index (χ0) is 9.38. The number of rotatable bonds is 1. The minimum absolute atomic E-state index is 0.832. The molecule has 0 saturated carbocycles. The number of hydrogen-bond acceptors (Lipinski definition) is 4. The van der Waals surface area contributed by atoms with Crippen molar-refractivity contribution in [1.82, 2.24) is 20.1 Å². The second kappa shape index (κ2) is 3.18. The Kier molecular flexibility index (Phi) is 1.85. The number of thiophene rings is 1. The summed E-state index contributed by atoms with van der Waals surface area (Å²) in [5.41, 5.74) is 0. The quantitative estimate of drug-likeness (QED) is 0.760. The molecule has 0 unspecified atom stereocenters. The van der Waals surface area contributed by atoms with E-state index >= 15 is 0 Å². The molecular weight excluding hydrogens is 196 g/mol. The fraction of sp³-hybridized carbons (Fsp3) is 0.333. The van der Waals surface area contributed by atoms with Gasteiger partial charge in [-0.25, -0.2) is 9.67 Å². The van der Waals surface area contributed by atoms with Crippen LogP contribution in [0.3, 0.4) is 0 Å². The van der Waals surface area contributed by atoms with Crippen LogP contribution in [0.4, 0.5) is 0 Å². The molecule has 0 amide bonds. The van der Waals surface area contributed by atoms with Gasteiger partial charge in [-0.2, -0.15) is 0 Å². The molecule has 0 atom stereocenters. The third-order valence-corrected chi connectivity index (χ3v) is 3.14. The largest absolute Gasteiger partial charge is 0.308 e. The maximum atomic E-state index is 4.49. The van der Waals surface area contributed by atoms with Crippen molar-refractivity contribution in [1.29, 1.82) is 0 Å². The van der Waals surface area contributed by atoms with Crippen LogP contribution in [-0.2, 0) is 13.1 Å². The Morgan fingerprint density at radius 3 is 3.29 bits per heavy atom. The molecule has 0 fully saturated rings. The van der Waals surface area contributed by atoms with E-state index in [1.54, 1.807) is 11.3 Å². The molecule has 0 bridgehead atoms. The van der Waals surface area contributed by atoms with Crippen LogP contribution in [0.1, 0.15) is 5.82 Å². The van der Waals surface area contributed by atoms with Gasteiger partial charge in [0, 0.05) is 6.54 Å². The van der Waals surface area contributed by atoms with Crippen LogP contribution in [0.25, 0.3) is 10.7 Å². The lowest BCUT2D eigenvalue weighted by atomic mass is 10.4. The minimum Gasteiger partial charge on any atom is -0.308 e. The first-order valence-corrected chi connectivity index (χ1v) is 5.50. The van der Waals surface area contributed by atoms with Crippen molar-refractivity contribution in [2.45, 2.75) is 13.1 Å². The van der Waals surface area contributed by atoms with E-state index in [4.69, 9.17) is 0 Å². The van der Waals surface area contributed by atoms with E-state index in [-0.39, 0.29) is 0 Å². The fourth-order valence-electron chi connectivity index (χ4n) is 1.58. The van der Waals surface area contributed by atoms with Crippen molar-refractivity contribution in [2.75, 3.05) is 6.54 Å². The highest BCUT2D eigenvalue weighted by Gasteiger charge is 2.14. The molecule has 3 heterocycles. The number of fused-ring (bicyclic) bond motifs is 1. The lowest BCUT2D eigenvalue weighted by Gasteiger charge is -2.11. The zero-order valence-electron chi connectivity index (χ0n) is 7.60. The first-order valence-electron chi connectivity index (χ1n) is 4.62. The summed E-state index contributed by atoms with van der Waals surface area (Å²) in [6.45, 7) is 2.74. The van der Waals surface area contributed by atoms with E-state index < -0.39 is 0 Å². The summed E-state index contributed by atoms with van der Waals surface area (Å²) in [5.74, 6) is 1.90. The minimum atomic E-state index is 0.832. The van der Waals surface area contributed by atoms with Gasteiger partial charge in [-0.3, -0.25) is 0 Å². The van der Waals surface area contributed by atoms with Gasteiger partial charge in [0.15, 0.2) is 5.82 Å². The van der Waals surface area contributed by atoms with Crippen LogP contribution in [-0.4, -0.2) is 21.3 Å². The van der Waals surface area contributed by atoms with Gasteiger partial charge in [0.05, 0.1) is 18.0 Å². The summed E-state index contributed by atoms with van der Waals surface area (Å²) < 4.78 is 1.99. The molecule has 0 aromatic carbocycles. The standard InChI is InChI=1S/C9H10N4S/c1-2-7(14-5-1)9-11-8-6-10-3-4-13(8)12-9/h1-2,5,10H,3-4,6H2. The van der Waals surface area contributed by atoms with E-state index in [0.29, 0.717) is 0 Å². The van der Waals surface area contributed by atoms with E-state index in [9.17, 15) is 0 Å². The van der Waals surface area contributed by atoms with Crippen LogP contribution in [0.2, 0.25) is 0 Å². The average molecular weight is 206 g/mol. The molecule has 2 aromatic rings. The van der Waals surface area contributed by atoms with Crippen LogP contribution in [0.15, 0.2) is 17.5 Å². The summed E-state index contributed by atoms with van der Waals surface area (Å²) in [6.07, 6.45) is 0. The van der Waals surface area contributed by atoms with Gasteiger partial charge in [0.2, 0.25) is 0 Å². The van der Waals surface area contributed by atoms with Gasteiger partial charge in [-0.05, 0) is 11.4 Å². The first kappa shape index (κ1) is 8.14. The molecule has 0 aliphatic carbocycles. The molecule has 0 spiro atoms. The Balaban J connectivity index is 2.04. The third kappa shape index (κ3) is 1.25. The van der Waals surface area contributed by atoms with Crippen LogP contribution in [0.5, 0.6) is 0 Å². The summed E-state index contributed by atoms with van der Waals surface area (Å²) in [6, 6.07) is 4.08. The molecule has 1 N–H and O–H groups in total. The lowest BCUT2D eigenvalue weighted by molar-refractivity contribution is 0.469. The van der Waals surface area contributed by atoms with Crippen LogP contribution < -0.4 is 5.32 Å². The summed E-state index contributed by atoms with van der Waals surface area (Å²) >= 11 is 1.68. The predicted octanol–water partition coefficient (Wildman–Crippen LogP) is 1.11. The Morgan fingerprint density at radius 2 is 2.50 bits per heavy atom. The lowest BCUT2D eigenvalue weighted by Crippen LogP contribution is -2.28. The third-order valence-electron chi connectivity index (χ3n) is 2.27. The van der Waals surface area contributed by atoms with Crippen molar-refractivity contribution in [2.24, 2.45) is 0 Å². The molecule has 2 aromatic heterocycles. The smallest absolute Gasteiger partial charge is 0.191 e. The monoisotopic (exact) mass is 206 g/mol. The highest BCUT2D eigenvalue weighted by molar-refractivity contribution is 7.13. The molecular formula is C9H10N4S. The molecule has 72 valence electrons. The highest BCUT2D eigenvalue weighted by atomic mass is 32.1. The molecule has 14 heavy (non-hydrogen) atoms. The number of hydrogen-bond donors (Lipinski definition) is 1. The van der Waals surface area contributed by atoms with Crippen molar-refractivity contribution >= 4 is 11.3 Å². The first-order chi connectivity index (χ1) is 6.93. The molecule has 3 rings (SSSR count). The normalized spacial score (nSPS) is 15.4. The van der Waals surface area contributed by atoms with E-state index in [1.807, 2.05) is 16.1 Å². The fourth-order valence-corrected chi connectivity index (χ4v) is 2.23. The molecule has 0 saturated heterocycles. The van der Waals surface area contributed by atoms with Crippen LogP contribution in [0, 0.1) is 0 Å². The zero-order valence-corrected chi connectivity index (χ0v) is 8.42. The Bertz CT molecular complexity index is 408. The molecule has 5 heteroatoms.